The molecule has 0 bridgehead atoms. The van der Waals surface area contributed by atoms with Crippen LogP contribution in [0.15, 0.2) is 24.3 Å². The topological polar surface area (TPSA) is 63.4 Å². The van der Waals surface area contributed by atoms with Crippen molar-refractivity contribution in [3.8, 4) is 0 Å². The van der Waals surface area contributed by atoms with E-state index in [4.69, 9.17) is 18.0 Å². The molecule has 0 radical (unpaired) electrons. The normalized spacial score (nSPS) is 18.6. The molecule has 2 rings (SSSR count). The fourth-order valence-corrected chi connectivity index (χ4v) is 3.36. The molecule has 0 aliphatic carbocycles. The molecule has 1 aliphatic rings. The average Bonchev–Trinajstić information content (AvgIpc) is 2.30. The first-order chi connectivity index (χ1) is 8.46. The van der Waals surface area contributed by atoms with Gasteiger partial charge in [-0.15, -0.1) is 0 Å². The average molecular weight is 284 g/mol. The van der Waals surface area contributed by atoms with Gasteiger partial charge in [-0.25, -0.2) is 8.42 Å². The predicted molar refractivity (Wildman–Crippen MR) is 77.8 cm³/mol. The van der Waals surface area contributed by atoms with Gasteiger partial charge in [-0.2, -0.15) is 0 Å². The van der Waals surface area contributed by atoms with Gasteiger partial charge in [-0.1, -0.05) is 24.4 Å². The predicted octanol–water partition coefficient (Wildman–Crippen LogP) is 0.750. The minimum Gasteiger partial charge on any atom is -0.393 e. The van der Waals surface area contributed by atoms with E-state index in [-0.39, 0.29) is 11.5 Å². The second-order valence-corrected chi connectivity index (χ2v) is 7.28. The standard InChI is InChI=1S/C12H16N2O2S2/c13-12(17)9-10-1-3-11(4-2-10)14-5-7-18(15,16)8-6-14/h1-4H,5-9H2,(H2,13,17). The highest BCUT2D eigenvalue weighted by molar-refractivity contribution is 7.91. The van der Waals surface area contributed by atoms with Crippen molar-refractivity contribution in [2.45, 2.75) is 6.42 Å². The van der Waals surface area contributed by atoms with Gasteiger partial charge in [-0.05, 0) is 17.7 Å². The number of anilines is 1. The van der Waals surface area contributed by atoms with Crippen molar-refractivity contribution in [1.29, 1.82) is 0 Å². The highest BCUT2D eigenvalue weighted by atomic mass is 32.2. The van der Waals surface area contributed by atoms with Crippen molar-refractivity contribution in [2.75, 3.05) is 29.5 Å². The Morgan fingerprint density at radius 1 is 1.22 bits per heavy atom. The lowest BCUT2D eigenvalue weighted by Crippen LogP contribution is -2.40. The zero-order valence-electron chi connectivity index (χ0n) is 10.0. The maximum absolute atomic E-state index is 11.3. The molecular formula is C12H16N2O2S2. The number of hydrogen-bond acceptors (Lipinski definition) is 4. The van der Waals surface area contributed by atoms with Crippen molar-refractivity contribution in [3.05, 3.63) is 29.8 Å². The van der Waals surface area contributed by atoms with E-state index in [1.54, 1.807) is 0 Å². The highest BCUT2D eigenvalue weighted by Gasteiger charge is 2.21. The van der Waals surface area contributed by atoms with Crippen LogP contribution in [0.1, 0.15) is 5.56 Å². The van der Waals surface area contributed by atoms with Crippen LogP contribution in [0.4, 0.5) is 5.69 Å². The molecule has 6 heteroatoms. The van der Waals surface area contributed by atoms with Crippen molar-refractivity contribution in [2.24, 2.45) is 5.73 Å². The van der Waals surface area contributed by atoms with Crippen LogP contribution in [0.5, 0.6) is 0 Å². The molecule has 0 spiro atoms. The fraction of sp³-hybridized carbons (Fsp3) is 0.417. The van der Waals surface area contributed by atoms with E-state index < -0.39 is 9.84 Å². The maximum Gasteiger partial charge on any atom is 0.153 e. The lowest BCUT2D eigenvalue weighted by molar-refractivity contribution is 0.587. The van der Waals surface area contributed by atoms with E-state index in [0.717, 1.165) is 11.3 Å². The quantitative estimate of drug-likeness (QED) is 0.830. The Hall–Kier alpha value is -1.14. The summed E-state index contributed by atoms with van der Waals surface area (Å²) in [5.74, 6) is 0.475. The van der Waals surface area contributed by atoms with Gasteiger partial charge in [0, 0.05) is 25.2 Å². The third-order valence-electron chi connectivity index (χ3n) is 3.02. The third kappa shape index (κ3) is 3.43. The number of sulfone groups is 1. The number of nitrogens with zero attached hydrogens (tertiary/aromatic N) is 1. The van der Waals surface area contributed by atoms with E-state index in [1.807, 2.05) is 24.3 Å². The number of hydrogen-bond donors (Lipinski definition) is 1. The second kappa shape index (κ2) is 5.24. The third-order valence-corrected chi connectivity index (χ3v) is 4.78. The molecule has 1 aromatic carbocycles. The summed E-state index contributed by atoms with van der Waals surface area (Å²) in [6.45, 7) is 1.13. The molecule has 4 nitrogen and oxygen atoms in total. The van der Waals surface area contributed by atoms with Crippen LogP contribution in [-0.2, 0) is 16.3 Å². The molecule has 18 heavy (non-hydrogen) atoms. The molecular weight excluding hydrogens is 268 g/mol. The smallest absolute Gasteiger partial charge is 0.153 e. The van der Waals surface area contributed by atoms with Crippen LogP contribution in [0, 0.1) is 0 Å². The van der Waals surface area contributed by atoms with Gasteiger partial charge in [0.05, 0.1) is 16.5 Å². The van der Waals surface area contributed by atoms with Crippen LogP contribution in [0.2, 0.25) is 0 Å². The first kappa shape index (κ1) is 13.3. The monoisotopic (exact) mass is 284 g/mol. The van der Waals surface area contributed by atoms with Crippen LogP contribution in [-0.4, -0.2) is 38.0 Å². The van der Waals surface area contributed by atoms with Gasteiger partial charge in [-0.3, -0.25) is 0 Å². The Bertz CT molecular complexity index is 524. The molecule has 98 valence electrons. The number of thiocarbonyl (C=S) groups is 1. The Balaban J connectivity index is 2.04. The number of rotatable bonds is 3. The Morgan fingerprint density at radius 3 is 2.28 bits per heavy atom. The fourth-order valence-electron chi connectivity index (χ4n) is 2.00. The van der Waals surface area contributed by atoms with E-state index in [9.17, 15) is 8.42 Å². The van der Waals surface area contributed by atoms with Crippen LogP contribution >= 0.6 is 12.2 Å². The van der Waals surface area contributed by atoms with Crippen molar-refractivity contribution >= 4 is 32.7 Å². The van der Waals surface area contributed by atoms with Gasteiger partial charge in [0.25, 0.3) is 0 Å². The molecule has 1 aromatic rings. The first-order valence-electron chi connectivity index (χ1n) is 5.79. The summed E-state index contributed by atoms with van der Waals surface area (Å²) in [7, 11) is -2.82. The lowest BCUT2D eigenvalue weighted by atomic mass is 10.1. The largest absolute Gasteiger partial charge is 0.393 e. The molecule has 0 unspecified atom stereocenters. The first-order valence-corrected chi connectivity index (χ1v) is 8.02. The van der Waals surface area contributed by atoms with Crippen LogP contribution < -0.4 is 10.6 Å². The maximum atomic E-state index is 11.3. The van der Waals surface area contributed by atoms with Gasteiger partial charge in [0.15, 0.2) is 9.84 Å². The molecule has 1 saturated heterocycles. The molecule has 0 amide bonds. The molecule has 1 aliphatic heterocycles. The molecule has 2 N–H and O–H groups in total. The molecule has 1 fully saturated rings. The SMILES string of the molecule is NC(=S)Cc1ccc(N2CCS(=O)(=O)CC2)cc1. The Kier molecular flexibility index (Phi) is 3.87. The number of nitrogens with two attached hydrogens (primary N) is 1. The van der Waals surface area contributed by atoms with Crippen molar-refractivity contribution < 1.29 is 8.42 Å². The molecule has 1 heterocycles. The summed E-state index contributed by atoms with van der Waals surface area (Å²) in [6.07, 6.45) is 0.601. The van der Waals surface area contributed by atoms with Gasteiger partial charge >= 0.3 is 0 Å². The summed E-state index contributed by atoms with van der Waals surface area (Å²) in [5, 5.41) is 0. The second-order valence-electron chi connectivity index (χ2n) is 4.45. The summed E-state index contributed by atoms with van der Waals surface area (Å²) >= 11 is 4.86. The summed E-state index contributed by atoms with van der Waals surface area (Å²) in [4.78, 5) is 2.57. The van der Waals surface area contributed by atoms with Crippen molar-refractivity contribution in [1.82, 2.24) is 0 Å². The van der Waals surface area contributed by atoms with Crippen LogP contribution in [0.25, 0.3) is 0 Å². The minimum atomic E-state index is -2.82. The summed E-state index contributed by atoms with van der Waals surface area (Å²) in [5.41, 5.74) is 7.62. The summed E-state index contributed by atoms with van der Waals surface area (Å²) < 4.78 is 22.7. The highest BCUT2D eigenvalue weighted by Crippen LogP contribution is 2.18. The zero-order chi connectivity index (χ0) is 13.2. The Morgan fingerprint density at radius 2 is 1.78 bits per heavy atom. The van der Waals surface area contributed by atoms with E-state index in [0.29, 0.717) is 24.5 Å². The molecule has 0 saturated carbocycles. The summed E-state index contributed by atoms with van der Waals surface area (Å²) in [6, 6.07) is 7.95. The van der Waals surface area contributed by atoms with E-state index in [2.05, 4.69) is 4.90 Å². The zero-order valence-corrected chi connectivity index (χ0v) is 11.6. The molecule has 0 atom stereocenters. The Labute approximate surface area is 113 Å². The van der Waals surface area contributed by atoms with Gasteiger partial charge in [0.2, 0.25) is 0 Å². The van der Waals surface area contributed by atoms with Gasteiger partial charge < -0.3 is 10.6 Å². The van der Waals surface area contributed by atoms with E-state index >= 15 is 0 Å². The molecule has 0 aromatic heterocycles. The van der Waals surface area contributed by atoms with E-state index in [1.165, 1.54) is 0 Å². The van der Waals surface area contributed by atoms with Crippen molar-refractivity contribution in [3.63, 3.8) is 0 Å². The van der Waals surface area contributed by atoms with Crippen LogP contribution in [0.3, 0.4) is 0 Å². The van der Waals surface area contributed by atoms with Gasteiger partial charge in [0.1, 0.15) is 0 Å². The number of benzene rings is 1. The minimum absolute atomic E-state index is 0.238. The lowest BCUT2D eigenvalue weighted by Gasteiger charge is -2.28.